The predicted octanol–water partition coefficient (Wildman–Crippen LogP) is 3.15. The molecule has 0 aromatic heterocycles. The molecule has 2 aromatic rings. The van der Waals surface area contributed by atoms with Crippen LogP contribution < -0.4 is 11.1 Å². The van der Waals surface area contributed by atoms with Crippen molar-refractivity contribution in [3.05, 3.63) is 71.8 Å². The van der Waals surface area contributed by atoms with E-state index in [9.17, 15) is 9.59 Å². The number of benzene rings is 2. The molecule has 0 bridgehead atoms. The van der Waals surface area contributed by atoms with E-state index in [4.69, 9.17) is 15.2 Å². The number of esters is 1. The first-order valence-corrected chi connectivity index (χ1v) is 9.07. The predicted molar refractivity (Wildman–Crippen MR) is 103 cm³/mol. The molecule has 144 valence electrons. The second-order valence-electron chi connectivity index (χ2n) is 6.14. The van der Waals surface area contributed by atoms with Crippen LogP contribution in [-0.4, -0.2) is 24.6 Å². The van der Waals surface area contributed by atoms with Gasteiger partial charge in [-0.15, -0.1) is 0 Å². The third kappa shape index (κ3) is 7.92. The molecular weight excluding hydrogens is 344 g/mol. The number of nitrogens with one attached hydrogen (secondary N) is 1. The molecule has 2 aromatic carbocycles. The number of unbranched alkanes of at least 4 members (excludes halogenated alkanes) is 1. The van der Waals surface area contributed by atoms with E-state index >= 15 is 0 Å². The number of ether oxygens (including phenoxy) is 2. The van der Waals surface area contributed by atoms with Crippen molar-refractivity contribution < 1.29 is 19.1 Å². The minimum atomic E-state index is -0.761. The number of carbonyl (C=O) groups excluding carboxylic acids is 2. The van der Waals surface area contributed by atoms with E-state index in [0.29, 0.717) is 19.4 Å². The molecule has 1 amide bonds. The van der Waals surface area contributed by atoms with E-state index in [1.54, 1.807) is 0 Å². The number of hydrogen-bond donors (Lipinski definition) is 2. The Morgan fingerprint density at radius 1 is 0.852 bits per heavy atom. The number of rotatable bonds is 10. The third-order valence-electron chi connectivity index (χ3n) is 3.96. The van der Waals surface area contributed by atoms with Crippen molar-refractivity contribution >= 4 is 12.1 Å². The molecule has 0 aliphatic carbocycles. The molecule has 1 unspecified atom stereocenters. The second kappa shape index (κ2) is 11.7. The second-order valence-corrected chi connectivity index (χ2v) is 6.14. The lowest BCUT2D eigenvalue weighted by atomic mass is 10.1. The summed E-state index contributed by atoms with van der Waals surface area (Å²) in [6.45, 7) is 0.833. The van der Waals surface area contributed by atoms with Crippen molar-refractivity contribution in [3.8, 4) is 0 Å². The highest BCUT2D eigenvalue weighted by molar-refractivity contribution is 5.81. The van der Waals surface area contributed by atoms with E-state index in [-0.39, 0.29) is 13.2 Å². The lowest BCUT2D eigenvalue weighted by Crippen LogP contribution is -2.42. The Bertz CT molecular complexity index is 692. The molecule has 0 spiro atoms. The van der Waals surface area contributed by atoms with Gasteiger partial charge in [0.1, 0.15) is 19.3 Å². The molecule has 0 aliphatic rings. The Morgan fingerprint density at radius 3 is 1.96 bits per heavy atom. The van der Waals surface area contributed by atoms with Crippen molar-refractivity contribution in [2.75, 3.05) is 6.54 Å². The summed E-state index contributed by atoms with van der Waals surface area (Å²) >= 11 is 0. The maximum atomic E-state index is 12.4. The van der Waals surface area contributed by atoms with Crippen molar-refractivity contribution in [2.45, 2.75) is 38.5 Å². The molecule has 0 radical (unpaired) electrons. The molecule has 2 rings (SSSR count). The Hall–Kier alpha value is -2.86. The number of alkyl carbamates (subject to hydrolysis) is 1. The fourth-order valence-corrected chi connectivity index (χ4v) is 2.48. The summed E-state index contributed by atoms with van der Waals surface area (Å²) in [6.07, 6.45) is 1.28. The first kappa shape index (κ1) is 20.5. The first-order valence-electron chi connectivity index (χ1n) is 9.07. The highest BCUT2D eigenvalue weighted by Gasteiger charge is 2.22. The van der Waals surface area contributed by atoms with Crippen LogP contribution in [-0.2, 0) is 27.5 Å². The Kier molecular flexibility index (Phi) is 8.86. The molecule has 0 saturated heterocycles. The van der Waals surface area contributed by atoms with Crippen LogP contribution >= 0.6 is 0 Å². The summed E-state index contributed by atoms with van der Waals surface area (Å²) in [6, 6.07) is 18.0. The molecule has 27 heavy (non-hydrogen) atoms. The van der Waals surface area contributed by atoms with Crippen molar-refractivity contribution in [1.29, 1.82) is 0 Å². The molecule has 3 N–H and O–H groups in total. The largest absolute Gasteiger partial charge is 0.459 e. The lowest BCUT2D eigenvalue weighted by Gasteiger charge is -2.17. The molecule has 6 nitrogen and oxygen atoms in total. The summed E-state index contributed by atoms with van der Waals surface area (Å²) < 4.78 is 10.5. The van der Waals surface area contributed by atoms with Gasteiger partial charge in [0.05, 0.1) is 0 Å². The highest BCUT2D eigenvalue weighted by Crippen LogP contribution is 2.07. The molecule has 1 atom stereocenters. The van der Waals surface area contributed by atoms with Crippen molar-refractivity contribution in [3.63, 3.8) is 0 Å². The quantitative estimate of drug-likeness (QED) is 0.495. The summed E-state index contributed by atoms with van der Waals surface area (Å²) in [5.74, 6) is -0.479. The van der Waals surface area contributed by atoms with Crippen LogP contribution in [0.3, 0.4) is 0 Å². The topological polar surface area (TPSA) is 90.6 Å². The van der Waals surface area contributed by atoms with Gasteiger partial charge in [-0.1, -0.05) is 60.7 Å². The molecule has 0 saturated carbocycles. The smallest absolute Gasteiger partial charge is 0.408 e. The zero-order chi connectivity index (χ0) is 19.3. The van der Waals surface area contributed by atoms with Crippen LogP contribution in [0.4, 0.5) is 4.79 Å². The molecule has 6 heteroatoms. The fourth-order valence-electron chi connectivity index (χ4n) is 2.48. The van der Waals surface area contributed by atoms with Gasteiger partial charge in [-0.3, -0.25) is 0 Å². The monoisotopic (exact) mass is 370 g/mol. The number of carbonyl (C=O) groups is 2. The van der Waals surface area contributed by atoms with Crippen LogP contribution in [0, 0.1) is 0 Å². The summed E-state index contributed by atoms with van der Waals surface area (Å²) in [7, 11) is 0. The van der Waals surface area contributed by atoms with Gasteiger partial charge in [0.15, 0.2) is 0 Å². The van der Waals surface area contributed by atoms with E-state index in [0.717, 1.165) is 17.5 Å². The molecule has 0 aliphatic heterocycles. The van der Waals surface area contributed by atoms with Gasteiger partial charge in [0.25, 0.3) is 0 Å². The van der Waals surface area contributed by atoms with Gasteiger partial charge in [-0.2, -0.15) is 0 Å². The Balaban J connectivity index is 1.85. The SMILES string of the molecule is NCCCCC(NC(=O)OCc1ccccc1)C(=O)OCc1ccccc1. The number of amides is 1. The lowest BCUT2D eigenvalue weighted by molar-refractivity contribution is -0.147. The van der Waals surface area contributed by atoms with E-state index < -0.39 is 18.1 Å². The van der Waals surface area contributed by atoms with Gasteiger partial charge in [0, 0.05) is 0 Å². The fraction of sp³-hybridized carbons (Fsp3) is 0.333. The Morgan fingerprint density at radius 2 is 1.41 bits per heavy atom. The van der Waals surface area contributed by atoms with E-state index in [1.807, 2.05) is 60.7 Å². The van der Waals surface area contributed by atoms with E-state index in [2.05, 4.69) is 5.32 Å². The molecule has 0 fully saturated rings. The minimum Gasteiger partial charge on any atom is -0.459 e. The summed E-state index contributed by atoms with van der Waals surface area (Å²) in [5.41, 5.74) is 7.27. The van der Waals surface area contributed by atoms with Gasteiger partial charge >= 0.3 is 12.1 Å². The van der Waals surface area contributed by atoms with Crippen LogP contribution in [0.5, 0.6) is 0 Å². The average Bonchev–Trinajstić information content (AvgIpc) is 2.71. The van der Waals surface area contributed by atoms with Gasteiger partial charge in [-0.05, 0) is 36.9 Å². The van der Waals surface area contributed by atoms with Crippen LogP contribution in [0.1, 0.15) is 30.4 Å². The van der Waals surface area contributed by atoms with Gasteiger partial charge < -0.3 is 20.5 Å². The van der Waals surface area contributed by atoms with E-state index in [1.165, 1.54) is 0 Å². The normalized spacial score (nSPS) is 11.4. The zero-order valence-corrected chi connectivity index (χ0v) is 15.3. The summed E-state index contributed by atoms with van der Waals surface area (Å²) in [5, 5.41) is 2.61. The maximum Gasteiger partial charge on any atom is 0.408 e. The summed E-state index contributed by atoms with van der Waals surface area (Å²) in [4.78, 5) is 24.5. The van der Waals surface area contributed by atoms with Crippen LogP contribution in [0.25, 0.3) is 0 Å². The Labute approximate surface area is 159 Å². The average molecular weight is 370 g/mol. The zero-order valence-electron chi connectivity index (χ0n) is 15.3. The van der Waals surface area contributed by atoms with Crippen molar-refractivity contribution in [1.82, 2.24) is 5.32 Å². The number of hydrogen-bond acceptors (Lipinski definition) is 5. The third-order valence-corrected chi connectivity index (χ3v) is 3.96. The molecule has 0 heterocycles. The highest BCUT2D eigenvalue weighted by atomic mass is 16.6. The van der Waals surface area contributed by atoms with Crippen molar-refractivity contribution in [2.24, 2.45) is 5.73 Å². The first-order chi connectivity index (χ1) is 13.2. The van der Waals surface area contributed by atoms with Gasteiger partial charge in [0.2, 0.25) is 0 Å². The molecular formula is C21H26N2O4. The van der Waals surface area contributed by atoms with Gasteiger partial charge in [-0.25, -0.2) is 9.59 Å². The maximum absolute atomic E-state index is 12.4. The van der Waals surface area contributed by atoms with Crippen LogP contribution in [0.2, 0.25) is 0 Å². The minimum absolute atomic E-state index is 0.140. The standard InChI is InChI=1S/C21H26N2O4/c22-14-8-7-13-19(20(24)26-15-17-9-3-1-4-10-17)23-21(25)27-16-18-11-5-2-6-12-18/h1-6,9-12,19H,7-8,13-16,22H2,(H,23,25). The number of nitrogens with two attached hydrogens (primary N) is 1. The van der Waals surface area contributed by atoms with Crippen LogP contribution in [0.15, 0.2) is 60.7 Å².